The Morgan fingerprint density at radius 2 is 2.38 bits per heavy atom. The maximum atomic E-state index is 4.53. The molecule has 1 aromatic rings. The van der Waals surface area contributed by atoms with E-state index in [1.165, 1.54) is 0 Å². The summed E-state index contributed by atoms with van der Waals surface area (Å²) in [7, 11) is 0. The molecule has 0 radical (unpaired) electrons. The molecular formula is C9H16N4. The van der Waals surface area contributed by atoms with Crippen molar-refractivity contribution < 1.29 is 0 Å². The summed E-state index contributed by atoms with van der Waals surface area (Å²) in [5, 5.41) is 4.53. The van der Waals surface area contributed by atoms with Gasteiger partial charge in [-0.05, 0) is 12.3 Å². The predicted octanol–water partition coefficient (Wildman–Crippen LogP) is 1.85. The molecule has 2 rings (SSSR count). The van der Waals surface area contributed by atoms with E-state index < -0.39 is 0 Å². The zero-order valence-electron chi connectivity index (χ0n) is 8.33. The first-order valence-corrected chi connectivity index (χ1v) is 4.83. The lowest BCUT2D eigenvalue weighted by atomic mass is 10.1. The monoisotopic (exact) mass is 180 g/mol. The van der Waals surface area contributed by atoms with Gasteiger partial charge in [-0.1, -0.05) is 20.8 Å². The number of nitrogens with one attached hydrogen (secondary N) is 2. The molecule has 1 aliphatic heterocycles. The molecule has 0 bridgehead atoms. The van der Waals surface area contributed by atoms with Crippen LogP contribution in [0.4, 0.5) is 5.82 Å². The number of hydrogen-bond acceptors (Lipinski definition) is 3. The molecule has 0 fully saturated rings. The lowest BCUT2D eigenvalue weighted by Crippen LogP contribution is -2.21. The van der Waals surface area contributed by atoms with Crippen LogP contribution in [0.2, 0.25) is 0 Å². The number of anilines is 1. The van der Waals surface area contributed by atoms with E-state index in [2.05, 4.69) is 42.8 Å². The van der Waals surface area contributed by atoms with Crippen molar-refractivity contribution in [1.29, 1.82) is 0 Å². The Labute approximate surface area is 78.3 Å². The molecule has 0 saturated carbocycles. The van der Waals surface area contributed by atoms with Gasteiger partial charge in [0.05, 0.1) is 5.69 Å². The minimum atomic E-state index is 0.308. The number of rotatable bonds is 2. The first kappa shape index (κ1) is 8.56. The molecule has 13 heavy (non-hydrogen) atoms. The summed E-state index contributed by atoms with van der Waals surface area (Å²) < 4.78 is 2.02. The number of aromatic nitrogens is 2. The fourth-order valence-corrected chi connectivity index (χ4v) is 1.52. The SMILES string of the molecule is CCC1NNc2cc(C(C)C)nn21. The Morgan fingerprint density at radius 3 is 3.00 bits per heavy atom. The van der Waals surface area contributed by atoms with Crippen molar-refractivity contribution in [3.8, 4) is 0 Å². The highest BCUT2D eigenvalue weighted by Gasteiger charge is 2.21. The predicted molar refractivity (Wildman–Crippen MR) is 52.4 cm³/mol. The molecule has 0 amide bonds. The van der Waals surface area contributed by atoms with Crippen LogP contribution in [-0.4, -0.2) is 9.78 Å². The van der Waals surface area contributed by atoms with Gasteiger partial charge in [-0.25, -0.2) is 10.1 Å². The Hall–Kier alpha value is -1.03. The van der Waals surface area contributed by atoms with Crippen molar-refractivity contribution in [3.63, 3.8) is 0 Å². The van der Waals surface area contributed by atoms with Crippen molar-refractivity contribution in [2.75, 3.05) is 5.43 Å². The zero-order chi connectivity index (χ0) is 9.42. The Morgan fingerprint density at radius 1 is 1.62 bits per heavy atom. The molecular weight excluding hydrogens is 164 g/mol. The van der Waals surface area contributed by atoms with E-state index >= 15 is 0 Å². The highest BCUT2D eigenvalue weighted by atomic mass is 15.6. The zero-order valence-corrected chi connectivity index (χ0v) is 8.33. The van der Waals surface area contributed by atoms with Crippen LogP contribution in [0.25, 0.3) is 0 Å². The second-order valence-corrected chi connectivity index (χ2v) is 3.75. The maximum Gasteiger partial charge on any atom is 0.140 e. The molecule has 2 N–H and O–H groups in total. The Bertz CT molecular complexity index is 303. The van der Waals surface area contributed by atoms with Gasteiger partial charge < -0.3 is 5.43 Å². The number of hydrogen-bond donors (Lipinski definition) is 2. The lowest BCUT2D eigenvalue weighted by molar-refractivity contribution is 0.426. The van der Waals surface area contributed by atoms with E-state index in [4.69, 9.17) is 0 Å². The van der Waals surface area contributed by atoms with E-state index in [1.807, 2.05) is 4.68 Å². The molecule has 4 heteroatoms. The topological polar surface area (TPSA) is 41.9 Å². The van der Waals surface area contributed by atoms with E-state index in [9.17, 15) is 0 Å². The molecule has 0 saturated heterocycles. The third kappa shape index (κ3) is 1.31. The van der Waals surface area contributed by atoms with E-state index in [0.29, 0.717) is 12.1 Å². The summed E-state index contributed by atoms with van der Waals surface area (Å²) in [4.78, 5) is 0. The smallest absolute Gasteiger partial charge is 0.140 e. The largest absolute Gasteiger partial charge is 0.304 e. The van der Waals surface area contributed by atoms with Gasteiger partial charge in [0, 0.05) is 6.07 Å². The first-order valence-electron chi connectivity index (χ1n) is 4.83. The molecule has 1 unspecified atom stereocenters. The molecule has 4 nitrogen and oxygen atoms in total. The molecule has 1 atom stereocenters. The highest BCUT2D eigenvalue weighted by molar-refractivity contribution is 5.40. The summed E-state index contributed by atoms with van der Waals surface area (Å²) in [6, 6.07) is 2.10. The molecule has 1 aliphatic rings. The minimum absolute atomic E-state index is 0.308. The van der Waals surface area contributed by atoms with Crippen LogP contribution in [0.3, 0.4) is 0 Å². The van der Waals surface area contributed by atoms with Crippen LogP contribution in [0.1, 0.15) is 45.0 Å². The van der Waals surface area contributed by atoms with Crippen LogP contribution in [0.15, 0.2) is 6.07 Å². The van der Waals surface area contributed by atoms with E-state index in [0.717, 1.165) is 17.9 Å². The van der Waals surface area contributed by atoms with Crippen LogP contribution in [0, 0.1) is 0 Å². The van der Waals surface area contributed by atoms with Crippen molar-refractivity contribution >= 4 is 5.82 Å². The van der Waals surface area contributed by atoms with Crippen LogP contribution in [-0.2, 0) is 0 Å². The third-order valence-corrected chi connectivity index (χ3v) is 2.39. The summed E-state index contributed by atoms with van der Waals surface area (Å²) >= 11 is 0. The fraction of sp³-hybridized carbons (Fsp3) is 0.667. The molecule has 0 aromatic carbocycles. The summed E-state index contributed by atoms with van der Waals surface area (Å²) in [6.07, 6.45) is 1.35. The quantitative estimate of drug-likeness (QED) is 0.729. The van der Waals surface area contributed by atoms with Crippen molar-refractivity contribution in [1.82, 2.24) is 15.2 Å². The van der Waals surface area contributed by atoms with Gasteiger partial charge in [0.1, 0.15) is 12.0 Å². The van der Waals surface area contributed by atoms with Crippen molar-refractivity contribution in [3.05, 3.63) is 11.8 Å². The number of hydrazine groups is 1. The molecule has 1 aromatic heterocycles. The number of nitrogens with zero attached hydrogens (tertiary/aromatic N) is 2. The van der Waals surface area contributed by atoms with Crippen molar-refractivity contribution in [2.45, 2.75) is 39.3 Å². The second-order valence-electron chi connectivity index (χ2n) is 3.75. The summed E-state index contributed by atoms with van der Waals surface area (Å²) in [5.41, 5.74) is 7.45. The average molecular weight is 180 g/mol. The second kappa shape index (κ2) is 3.03. The van der Waals surface area contributed by atoms with Gasteiger partial charge in [0.25, 0.3) is 0 Å². The van der Waals surface area contributed by atoms with Crippen LogP contribution < -0.4 is 10.9 Å². The minimum Gasteiger partial charge on any atom is -0.304 e. The Kier molecular flexibility index (Phi) is 2.00. The summed E-state index contributed by atoms with van der Waals surface area (Å²) in [6.45, 7) is 6.46. The van der Waals surface area contributed by atoms with Gasteiger partial charge in [-0.3, -0.25) is 0 Å². The Balaban J connectivity index is 2.31. The summed E-state index contributed by atoms with van der Waals surface area (Å²) in [5.74, 6) is 1.58. The molecule has 0 aliphatic carbocycles. The molecule has 2 heterocycles. The maximum absolute atomic E-state index is 4.53. The molecule has 0 spiro atoms. The van der Waals surface area contributed by atoms with E-state index in [-0.39, 0.29) is 0 Å². The lowest BCUT2D eigenvalue weighted by Gasteiger charge is -2.08. The average Bonchev–Trinajstić information content (AvgIpc) is 2.60. The van der Waals surface area contributed by atoms with Gasteiger partial charge in [0.15, 0.2) is 0 Å². The number of fused-ring (bicyclic) bond motifs is 1. The van der Waals surface area contributed by atoms with Crippen LogP contribution in [0.5, 0.6) is 0 Å². The van der Waals surface area contributed by atoms with E-state index in [1.54, 1.807) is 0 Å². The first-order chi connectivity index (χ1) is 6.22. The molecule has 72 valence electrons. The van der Waals surface area contributed by atoms with Gasteiger partial charge >= 0.3 is 0 Å². The van der Waals surface area contributed by atoms with Crippen LogP contribution >= 0.6 is 0 Å². The highest BCUT2D eigenvalue weighted by Crippen LogP contribution is 2.25. The fourth-order valence-electron chi connectivity index (χ4n) is 1.52. The van der Waals surface area contributed by atoms with Gasteiger partial charge in [-0.2, -0.15) is 5.10 Å². The standard InChI is InChI=1S/C9H16N4/c1-4-8-10-11-9-5-7(6(2)3)12-13(8)9/h5-6,8,10-11H,4H2,1-3H3. The van der Waals surface area contributed by atoms with Crippen molar-refractivity contribution in [2.24, 2.45) is 0 Å². The normalized spacial score (nSPS) is 20.5. The van der Waals surface area contributed by atoms with Gasteiger partial charge in [0.2, 0.25) is 0 Å². The van der Waals surface area contributed by atoms with Gasteiger partial charge in [-0.15, -0.1) is 0 Å². The third-order valence-electron chi connectivity index (χ3n) is 2.39.